The van der Waals surface area contributed by atoms with E-state index in [-0.39, 0.29) is 0 Å². The Morgan fingerprint density at radius 1 is 0.933 bits per heavy atom. The van der Waals surface area contributed by atoms with E-state index in [4.69, 9.17) is 16.1 Å². The summed E-state index contributed by atoms with van der Waals surface area (Å²) in [4.78, 5) is 2.52. The second-order valence-electron chi connectivity index (χ2n) is 7.63. The summed E-state index contributed by atoms with van der Waals surface area (Å²) < 4.78 is 33.4. The third kappa shape index (κ3) is 3.97. The van der Waals surface area contributed by atoms with Crippen LogP contribution in [0.3, 0.4) is 0 Å². The molecule has 6 nitrogen and oxygen atoms in total. The molecule has 1 fully saturated rings. The number of benzene rings is 2. The van der Waals surface area contributed by atoms with Crippen molar-refractivity contribution in [2.24, 2.45) is 0 Å². The van der Waals surface area contributed by atoms with Gasteiger partial charge in [0.2, 0.25) is 10.0 Å². The number of hydrogen-bond donors (Lipinski definition) is 0. The van der Waals surface area contributed by atoms with E-state index in [2.05, 4.69) is 10.1 Å². The Bertz CT molecular complexity index is 1180. The van der Waals surface area contributed by atoms with E-state index in [1.165, 1.54) is 0 Å². The first-order valence-electron chi connectivity index (χ1n) is 9.81. The second-order valence-corrected chi connectivity index (χ2v) is 9.98. The quantitative estimate of drug-likeness (QED) is 0.594. The zero-order chi connectivity index (χ0) is 21.5. The fourth-order valence-electron chi connectivity index (χ4n) is 3.82. The maximum absolute atomic E-state index is 13.3. The Kier molecular flexibility index (Phi) is 5.61. The summed E-state index contributed by atoms with van der Waals surface area (Å²) in [7, 11) is -3.58. The Balaban J connectivity index is 1.53. The molecule has 0 atom stereocenters. The first kappa shape index (κ1) is 20.9. The molecular weight excluding hydrogens is 422 g/mol. The summed E-state index contributed by atoms with van der Waals surface area (Å²) in [6, 6.07) is 12.9. The van der Waals surface area contributed by atoms with Crippen molar-refractivity contribution in [3.05, 3.63) is 64.3 Å². The van der Waals surface area contributed by atoms with Crippen molar-refractivity contribution in [1.82, 2.24) is 9.46 Å². The fourth-order valence-corrected chi connectivity index (χ4v) is 5.62. The molecule has 8 heteroatoms. The van der Waals surface area contributed by atoms with E-state index in [0.29, 0.717) is 47.4 Å². The molecule has 2 heterocycles. The Labute approximate surface area is 182 Å². The molecule has 0 aliphatic carbocycles. The SMILES string of the molecule is Cc1cc(-c2ccc(S(=O)(=O)N3CCN(c4cc(Cl)ccc4C)CC3)c(C)c2)on1. The van der Waals surface area contributed by atoms with Gasteiger partial charge in [0.05, 0.1) is 10.6 Å². The lowest BCUT2D eigenvalue weighted by atomic mass is 10.1. The number of halogens is 1. The lowest BCUT2D eigenvalue weighted by Crippen LogP contribution is -2.49. The van der Waals surface area contributed by atoms with Gasteiger partial charge in [-0.25, -0.2) is 8.42 Å². The van der Waals surface area contributed by atoms with Crippen molar-refractivity contribution in [3.63, 3.8) is 0 Å². The Hall–Kier alpha value is -2.35. The van der Waals surface area contributed by atoms with Crippen LogP contribution >= 0.6 is 11.6 Å². The largest absolute Gasteiger partial charge is 0.369 e. The number of sulfonamides is 1. The van der Waals surface area contributed by atoms with Crippen LogP contribution in [0.25, 0.3) is 11.3 Å². The summed E-state index contributed by atoms with van der Waals surface area (Å²) in [6.45, 7) is 7.79. The number of aryl methyl sites for hydroxylation is 3. The zero-order valence-electron chi connectivity index (χ0n) is 17.2. The molecule has 0 amide bonds. The normalized spacial score (nSPS) is 15.5. The fraction of sp³-hybridized carbons (Fsp3) is 0.318. The van der Waals surface area contributed by atoms with Crippen molar-refractivity contribution < 1.29 is 12.9 Å². The van der Waals surface area contributed by atoms with Gasteiger partial charge in [-0.1, -0.05) is 22.8 Å². The molecule has 0 bridgehead atoms. The molecule has 2 aromatic carbocycles. The number of aromatic nitrogens is 1. The number of anilines is 1. The van der Waals surface area contributed by atoms with E-state index < -0.39 is 10.0 Å². The molecule has 0 unspecified atom stereocenters. The van der Waals surface area contributed by atoms with Gasteiger partial charge in [0, 0.05) is 48.5 Å². The van der Waals surface area contributed by atoms with Gasteiger partial charge in [0.25, 0.3) is 0 Å². The standard InChI is InChI=1S/C22H24ClN3O3S/c1-15-4-6-19(23)14-20(15)25-8-10-26(11-9-25)30(27,28)22-7-5-18(12-16(22)2)21-13-17(3)24-29-21/h4-7,12-14H,8-11H2,1-3H3. The van der Waals surface area contributed by atoms with Crippen LogP contribution in [0.4, 0.5) is 5.69 Å². The van der Waals surface area contributed by atoms with Crippen molar-refractivity contribution in [2.75, 3.05) is 31.1 Å². The molecule has 0 N–H and O–H groups in total. The van der Waals surface area contributed by atoms with Crippen LogP contribution in [0.2, 0.25) is 5.02 Å². The third-order valence-electron chi connectivity index (χ3n) is 5.46. The van der Waals surface area contributed by atoms with Crippen molar-refractivity contribution in [3.8, 4) is 11.3 Å². The van der Waals surface area contributed by atoms with Crippen molar-refractivity contribution in [1.29, 1.82) is 0 Å². The molecule has 1 aromatic heterocycles. The second kappa shape index (κ2) is 8.06. The molecule has 0 spiro atoms. The molecule has 0 radical (unpaired) electrons. The van der Waals surface area contributed by atoms with Crippen molar-refractivity contribution in [2.45, 2.75) is 25.7 Å². The highest BCUT2D eigenvalue weighted by Gasteiger charge is 2.30. The van der Waals surface area contributed by atoms with Crippen LogP contribution < -0.4 is 4.90 Å². The van der Waals surface area contributed by atoms with Gasteiger partial charge in [0.15, 0.2) is 5.76 Å². The lowest BCUT2D eigenvalue weighted by molar-refractivity contribution is 0.384. The third-order valence-corrected chi connectivity index (χ3v) is 7.75. The summed E-state index contributed by atoms with van der Waals surface area (Å²) in [5, 5.41) is 4.58. The summed E-state index contributed by atoms with van der Waals surface area (Å²) in [5.41, 5.74) is 4.47. The lowest BCUT2D eigenvalue weighted by Gasteiger charge is -2.36. The Morgan fingerprint density at radius 2 is 1.67 bits per heavy atom. The average Bonchev–Trinajstić information content (AvgIpc) is 3.16. The number of piperazine rings is 1. The topological polar surface area (TPSA) is 66.7 Å². The van der Waals surface area contributed by atoms with Crippen molar-refractivity contribution >= 4 is 27.3 Å². The molecule has 1 aliphatic heterocycles. The van der Waals surface area contributed by atoms with E-state index in [9.17, 15) is 8.42 Å². The summed E-state index contributed by atoms with van der Waals surface area (Å²) >= 11 is 6.15. The highest BCUT2D eigenvalue weighted by atomic mass is 35.5. The van der Waals surface area contributed by atoms with Gasteiger partial charge >= 0.3 is 0 Å². The first-order valence-corrected chi connectivity index (χ1v) is 11.6. The van der Waals surface area contributed by atoms with Gasteiger partial charge in [-0.15, -0.1) is 0 Å². The van der Waals surface area contributed by atoms with E-state index in [1.54, 1.807) is 16.4 Å². The van der Waals surface area contributed by atoms with Crippen LogP contribution in [-0.4, -0.2) is 44.1 Å². The number of rotatable bonds is 4. The van der Waals surface area contributed by atoms with Gasteiger partial charge < -0.3 is 9.42 Å². The maximum Gasteiger partial charge on any atom is 0.243 e. The van der Waals surface area contributed by atoms with Gasteiger partial charge in [-0.05, 0) is 62.2 Å². The highest BCUT2D eigenvalue weighted by Crippen LogP contribution is 2.29. The summed E-state index contributed by atoms with van der Waals surface area (Å²) in [6.07, 6.45) is 0. The minimum Gasteiger partial charge on any atom is -0.369 e. The van der Waals surface area contributed by atoms with Gasteiger partial charge in [-0.2, -0.15) is 4.31 Å². The molecule has 30 heavy (non-hydrogen) atoms. The predicted molar refractivity (Wildman–Crippen MR) is 119 cm³/mol. The molecule has 0 saturated carbocycles. The smallest absolute Gasteiger partial charge is 0.243 e. The van der Waals surface area contributed by atoms with E-state index in [0.717, 1.165) is 22.5 Å². The first-order chi connectivity index (χ1) is 14.3. The minimum atomic E-state index is -3.58. The molecule has 1 aliphatic rings. The highest BCUT2D eigenvalue weighted by molar-refractivity contribution is 7.89. The zero-order valence-corrected chi connectivity index (χ0v) is 18.8. The van der Waals surface area contributed by atoms with E-state index >= 15 is 0 Å². The van der Waals surface area contributed by atoms with Gasteiger partial charge in [-0.3, -0.25) is 0 Å². The molecule has 158 valence electrons. The molecule has 1 saturated heterocycles. The van der Waals surface area contributed by atoms with Crippen LogP contribution in [0.5, 0.6) is 0 Å². The maximum atomic E-state index is 13.3. The minimum absolute atomic E-state index is 0.329. The summed E-state index contributed by atoms with van der Waals surface area (Å²) in [5.74, 6) is 0.630. The van der Waals surface area contributed by atoms with Crippen LogP contribution in [0.1, 0.15) is 16.8 Å². The molecule has 4 rings (SSSR count). The predicted octanol–water partition coefficient (Wildman–Crippen LogP) is 4.43. The van der Waals surface area contributed by atoms with E-state index in [1.807, 2.05) is 51.1 Å². The monoisotopic (exact) mass is 445 g/mol. The van der Waals surface area contributed by atoms with Gasteiger partial charge in [0.1, 0.15) is 0 Å². The van der Waals surface area contributed by atoms with Crippen LogP contribution in [0, 0.1) is 20.8 Å². The number of hydrogen-bond acceptors (Lipinski definition) is 5. The number of nitrogens with zero attached hydrogens (tertiary/aromatic N) is 3. The van der Waals surface area contributed by atoms with Crippen LogP contribution in [0.15, 0.2) is 51.9 Å². The van der Waals surface area contributed by atoms with Crippen LogP contribution in [-0.2, 0) is 10.0 Å². The average molecular weight is 446 g/mol. The molecule has 3 aromatic rings. The Morgan fingerprint density at radius 3 is 2.30 bits per heavy atom. The molecular formula is C22H24ClN3O3S.